The van der Waals surface area contributed by atoms with Gasteiger partial charge < -0.3 is 0 Å². The Morgan fingerprint density at radius 2 is 1.00 bits per heavy atom. The molecule has 0 heterocycles. The zero-order valence-electron chi connectivity index (χ0n) is 18.8. The normalized spacial score (nSPS) is 22.6. The molecule has 0 saturated heterocycles. The summed E-state index contributed by atoms with van der Waals surface area (Å²) in [4.78, 5) is 14.8. The number of allylic oxidation sites excluding steroid dienone is 4. The molecular weight excluding hydrogens is 412 g/mol. The number of hydrogen-bond acceptors (Lipinski definition) is 1. The summed E-state index contributed by atoms with van der Waals surface area (Å²) >= 11 is 0. The van der Waals surface area contributed by atoms with E-state index in [0.29, 0.717) is 5.78 Å². The van der Waals surface area contributed by atoms with E-state index in [1.165, 1.54) is 77.6 Å². The van der Waals surface area contributed by atoms with Crippen LogP contribution in [0.1, 0.15) is 56.3 Å². The Balaban J connectivity index is 1.39. The number of benzene rings is 4. The van der Waals surface area contributed by atoms with Gasteiger partial charge in [0.05, 0.1) is 11.8 Å². The second kappa shape index (κ2) is 5.85. The lowest BCUT2D eigenvalue weighted by Gasteiger charge is -2.40. The number of carbonyl (C=O) groups is 1. The first-order valence-electron chi connectivity index (χ1n) is 12.5. The molecule has 160 valence electrons. The van der Waals surface area contributed by atoms with Crippen molar-refractivity contribution in [2.75, 3.05) is 0 Å². The smallest absolute Gasteiger partial charge is 0.156 e. The Kier molecular flexibility index (Phi) is 3.05. The number of rotatable bonds is 0. The summed E-state index contributed by atoms with van der Waals surface area (Å²) in [5, 5.41) is 2.68. The molecule has 0 spiro atoms. The zero-order chi connectivity index (χ0) is 22.1. The fourth-order valence-electron chi connectivity index (χ4n) is 7.95. The van der Waals surface area contributed by atoms with Crippen LogP contribution < -0.4 is 0 Å². The van der Waals surface area contributed by atoms with Crippen LogP contribution in [-0.2, 0) is 30.5 Å². The predicted octanol–water partition coefficient (Wildman–Crippen LogP) is 6.72. The Hall–Kier alpha value is -3.71. The van der Waals surface area contributed by atoms with Gasteiger partial charge in [-0.15, -0.1) is 0 Å². The van der Waals surface area contributed by atoms with Crippen molar-refractivity contribution in [1.82, 2.24) is 0 Å². The topological polar surface area (TPSA) is 17.1 Å². The average molecular weight is 435 g/mol. The van der Waals surface area contributed by atoms with E-state index in [2.05, 4.69) is 72.8 Å². The molecule has 4 aromatic rings. The van der Waals surface area contributed by atoms with Gasteiger partial charge >= 0.3 is 0 Å². The Morgan fingerprint density at radius 3 is 1.53 bits per heavy atom. The molecule has 0 aliphatic heterocycles. The van der Waals surface area contributed by atoms with Crippen LogP contribution in [0.25, 0.3) is 21.9 Å². The molecule has 1 heteroatoms. The Bertz CT molecular complexity index is 1600. The lowest BCUT2D eigenvalue weighted by atomic mass is 9.61. The average Bonchev–Trinajstić information content (AvgIpc) is 3.42. The van der Waals surface area contributed by atoms with E-state index in [4.69, 9.17) is 0 Å². The van der Waals surface area contributed by atoms with E-state index in [-0.39, 0.29) is 11.8 Å². The Labute approximate surface area is 198 Å². The van der Waals surface area contributed by atoms with Crippen molar-refractivity contribution < 1.29 is 4.79 Å². The van der Waals surface area contributed by atoms with E-state index < -0.39 is 0 Å². The first-order chi connectivity index (χ1) is 16.8. The maximum atomic E-state index is 14.8. The summed E-state index contributed by atoms with van der Waals surface area (Å²) in [5.41, 5.74) is 16.4. The third kappa shape index (κ3) is 1.94. The van der Waals surface area contributed by atoms with Crippen molar-refractivity contribution in [3.8, 4) is 0 Å². The third-order valence-electron chi connectivity index (χ3n) is 9.16. The SMILES string of the molecule is O=C1C2C3=C(Cc4ccccc43)Cc3ccc4ccc5c(c4c32)C1C1=C(Cc2ccccc21)C5. The molecular formula is C33H22O. The van der Waals surface area contributed by atoms with Gasteiger partial charge in [-0.3, -0.25) is 4.79 Å². The molecule has 5 aliphatic rings. The maximum Gasteiger partial charge on any atom is 0.156 e. The molecule has 0 amide bonds. The van der Waals surface area contributed by atoms with E-state index in [1.54, 1.807) is 0 Å². The largest absolute Gasteiger partial charge is 0.298 e. The highest BCUT2D eigenvalue weighted by Crippen LogP contribution is 2.60. The molecule has 0 aromatic heterocycles. The van der Waals surface area contributed by atoms with Crippen LogP contribution in [0, 0.1) is 0 Å². The van der Waals surface area contributed by atoms with Crippen molar-refractivity contribution in [1.29, 1.82) is 0 Å². The van der Waals surface area contributed by atoms with Gasteiger partial charge in [-0.1, -0.05) is 83.9 Å². The second-order valence-electron chi connectivity index (χ2n) is 10.7. The number of carbonyl (C=O) groups excluding carboxylic acids is 1. The van der Waals surface area contributed by atoms with Gasteiger partial charge in [0.1, 0.15) is 0 Å². The molecule has 5 aliphatic carbocycles. The number of hydrogen-bond donors (Lipinski definition) is 0. The molecule has 4 aromatic carbocycles. The van der Waals surface area contributed by atoms with Gasteiger partial charge in [0, 0.05) is 0 Å². The fourth-order valence-corrected chi connectivity index (χ4v) is 7.95. The van der Waals surface area contributed by atoms with Crippen LogP contribution in [0.4, 0.5) is 0 Å². The van der Waals surface area contributed by atoms with Crippen LogP contribution in [0.2, 0.25) is 0 Å². The molecule has 0 saturated carbocycles. The van der Waals surface area contributed by atoms with Crippen molar-refractivity contribution >= 4 is 27.7 Å². The van der Waals surface area contributed by atoms with Gasteiger partial charge in [0.25, 0.3) is 0 Å². The third-order valence-corrected chi connectivity index (χ3v) is 9.16. The quantitative estimate of drug-likeness (QED) is 0.300. The van der Waals surface area contributed by atoms with E-state index in [0.717, 1.165) is 25.7 Å². The predicted molar refractivity (Wildman–Crippen MR) is 136 cm³/mol. The van der Waals surface area contributed by atoms with Gasteiger partial charge in [-0.05, 0) is 92.1 Å². The zero-order valence-corrected chi connectivity index (χ0v) is 18.8. The van der Waals surface area contributed by atoms with Crippen LogP contribution >= 0.6 is 0 Å². The summed E-state index contributed by atoms with van der Waals surface area (Å²) in [7, 11) is 0. The monoisotopic (exact) mass is 434 g/mol. The van der Waals surface area contributed by atoms with E-state index in [9.17, 15) is 4.79 Å². The molecule has 0 bridgehead atoms. The summed E-state index contributed by atoms with van der Waals surface area (Å²) in [6.07, 6.45) is 3.93. The summed E-state index contributed by atoms with van der Waals surface area (Å²) in [6.45, 7) is 0. The molecule has 0 N–H and O–H groups in total. The maximum absolute atomic E-state index is 14.8. The summed E-state index contributed by atoms with van der Waals surface area (Å²) in [5.74, 6) is 0.124. The molecule has 34 heavy (non-hydrogen) atoms. The molecule has 9 rings (SSSR count). The number of ketones is 1. The van der Waals surface area contributed by atoms with E-state index >= 15 is 0 Å². The second-order valence-corrected chi connectivity index (χ2v) is 10.7. The minimum atomic E-state index is -0.140. The van der Waals surface area contributed by atoms with Crippen molar-refractivity contribution in [2.24, 2.45) is 0 Å². The van der Waals surface area contributed by atoms with Gasteiger partial charge in [0.15, 0.2) is 5.78 Å². The standard InChI is InChI=1S/C33H22O/c34-33-31-26-22(13-18-5-1-3-7-24(18)26)15-20-11-9-17-10-12-21-16-23-14-19-6-2-4-8-25(19)27(23)32(33)30(21)28(17)29(20)31/h1-12,31-32H,13-16H2. The number of fused-ring (bicyclic) bond motifs is 6. The summed E-state index contributed by atoms with van der Waals surface area (Å²) < 4.78 is 0. The highest BCUT2D eigenvalue weighted by Gasteiger charge is 2.49. The van der Waals surface area contributed by atoms with Gasteiger partial charge in [-0.25, -0.2) is 0 Å². The summed E-state index contributed by atoms with van der Waals surface area (Å²) in [6, 6.07) is 26.8. The minimum absolute atomic E-state index is 0.140. The van der Waals surface area contributed by atoms with Crippen LogP contribution in [0.3, 0.4) is 0 Å². The molecule has 0 radical (unpaired) electrons. The molecule has 2 unspecified atom stereocenters. The first-order valence-corrected chi connectivity index (χ1v) is 12.5. The minimum Gasteiger partial charge on any atom is -0.298 e. The van der Waals surface area contributed by atoms with Crippen molar-refractivity contribution in [3.05, 3.63) is 128 Å². The van der Waals surface area contributed by atoms with Gasteiger partial charge in [-0.2, -0.15) is 0 Å². The lowest BCUT2D eigenvalue weighted by Crippen LogP contribution is -2.32. The highest BCUT2D eigenvalue weighted by molar-refractivity contribution is 6.19. The lowest BCUT2D eigenvalue weighted by molar-refractivity contribution is -0.119. The number of Topliss-reactive ketones (excluding diaryl/α,β-unsaturated/α-hetero) is 1. The van der Waals surface area contributed by atoms with Crippen LogP contribution in [0.5, 0.6) is 0 Å². The molecule has 2 atom stereocenters. The Morgan fingerprint density at radius 1 is 0.529 bits per heavy atom. The van der Waals surface area contributed by atoms with Crippen LogP contribution in [-0.4, -0.2) is 5.78 Å². The van der Waals surface area contributed by atoms with Crippen molar-refractivity contribution in [2.45, 2.75) is 37.5 Å². The fraction of sp³-hybridized carbons (Fsp3) is 0.182. The molecule has 1 nitrogen and oxygen atoms in total. The van der Waals surface area contributed by atoms with E-state index in [1.807, 2.05) is 0 Å². The molecule has 0 fully saturated rings. The van der Waals surface area contributed by atoms with Crippen molar-refractivity contribution in [3.63, 3.8) is 0 Å². The highest BCUT2D eigenvalue weighted by atomic mass is 16.1. The van der Waals surface area contributed by atoms with Crippen LogP contribution in [0.15, 0.2) is 83.9 Å². The van der Waals surface area contributed by atoms with Gasteiger partial charge in [0.2, 0.25) is 0 Å². The first kappa shape index (κ1) is 17.7.